The molecule has 2 unspecified atom stereocenters. The minimum absolute atomic E-state index is 0.0359. The van der Waals surface area contributed by atoms with Crippen LogP contribution in [0.3, 0.4) is 0 Å². The van der Waals surface area contributed by atoms with Crippen molar-refractivity contribution in [3.63, 3.8) is 0 Å². The van der Waals surface area contributed by atoms with Crippen molar-refractivity contribution in [3.05, 3.63) is 71.3 Å². The first-order valence-corrected chi connectivity index (χ1v) is 11.0. The molecule has 3 rings (SSSR count). The van der Waals surface area contributed by atoms with E-state index >= 15 is 0 Å². The van der Waals surface area contributed by atoms with Gasteiger partial charge in [-0.3, -0.25) is 4.79 Å². The molecule has 1 heterocycles. The van der Waals surface area contributed by atoms with Crippen LogP contribution in [-0.2, 0) is 14.4 Å². The maximum atomic E-state index is 14.6. The highest BCUT2D eigenvalue weighted by Crippen LogP contribution is 2.51. The van der Waals surface area contributed by atoms with E-state index in [2.05, 4.69) is 10.1 Å². The molecule has 2 N–H and O–H groups in total. The molecule has 33 heavy (non-hydrogen) atoms. The van der Waals surface area contributed by atoms with Crippen LogP contribution in [-0.4, -0.2) is 35.0 Å². The Morgan fingerprint density at radius 3 is 2.73 bits per heavy atom. The summed E-state index contributed by atoms with van der Waals surface area (Å²) in [5, 5.41) is 14.6. The normalized spacial score (nSPS) is 19.2. The van der Waals surface area contributed by atoms with Gasteiger partial charge < -0.3 is 10.5 Å². The highest BCUT2D eigenvalue weighted by atomic mass is 32.2. The lowest BCUT2D eigenvalue weighted by molar-refractivity contribution is -0.144. The number of methoxy groups -OCH3 is 1. The van der Waals surface area contributed by atoms with Crippen molar-refractivity contribution in [1.82, 2.24) is 5.01 Å². The number of carbonyl (C=O) groups is 1. The molecular formula is C23H23F2N5O2S. The van der Waals surface area contributed by atoms with Gasteiger partial charge >= 0.3 is 0 Å². The molecule has 2 aromatic carbocycles. The van der Waals surface area contributed by atoms with Crippen LogP contribution in [0.1, 0.15) is 37.3 Å². The second kappa shape index (κ2) is 10.6. The maximum absolute atomic E-state index is 14.6. The van der Waals surface area contributed by atoms with Crippen LogP contribution >= 0.6 is 11.8 Å². The van der Waals surface area contributed by atoms with Crippen molar-refractivity contribution in [3.8, 4) is 6.19 Å². The Kier molecular flexibility index (Phi) is 7.79. The van der Waals surface area contributed by atoms with Gasteiger partial charge in [-0.15, -0.1) is 0 Å². The van der Waals surface area contributed by atoms with E-state index in [0.29, 0.717) is 19.3 Å². The van der Waals surface area contributed by atoms with Crippen molar-refractivity contribution in [2.75, 3.05) is 7.11 Å². The Morgan fingerprint density at radius 1 is 1.33 bits per heavy atom. The molecule has 0 fully saturated rings. The highest BCUT2D eigenvalue weighted by molar-refractivity contribution is 8.15. The zero-order valence-corrected chi connectivity index (χ0v) is 19.0. The van der Waals surface area contributed by atoms with Crippen molar-refractivity contribution in [1.29, 1.82) is 5.26 Å². The van der Waals surface area contributed by atoms with Crippen LogP contribution in [0.25, 0.3) is 0 Å². The molecule has 0 aliphatic carbocycles. The minimum atomic E-state index is -1.06. The standard InChI is InChI=1S/C23H23F2N5O2S/c1-15(32-2)22(31)30-23(16-7-4-3-5-8-16,12-6-9-20(27)28-14-26)33-21(29-30)18-13-17(24)10-11-19(18)25/h3-5,7-8,10-11,13,15H,6,9,12H2,1-2H3,(H2,27,28). The first-order valence-electron chi connectivity index (χ1n) is 10.2. The number of halogens is 2. The van der Waals surface area contributed by atoms with Crippen LogP contribution in [0.4, 0.5) is 8.78 Å². The molecular weight excluding hydrogens is 448 g/mol. The Bertz CT molecular complexity index is 1120. The van der Waals surface area contributed by atoms with Gasteiger partial charge in [0.25, 0.3) is 5.91 Å². The van der Waals surface area contributed by atoms with Crippen LogP contribution < -0.4 is 5.73 Å². The van der Waals surface area contributed by atoms with Gasteiger partial charge in [-0.25, -0.2) is 13.8 Å². The van der Waals surface area contributed by atoms with E-state index in [1.807, 2.05) is 30.3 Å². The average Bonchev–Trinajstić information content (AvgIpc) is 3.20. The highest BCUT2D eigenvalue weighted by Gasteiger charge is 2.49. The van der Waals surface area contributed by atoms with Gasteiger partial charge in [0.2, 0.25) is 6.19 Å². The molecule has 10 heteroatoms. The molecule has 0 saturated heterocycles. The minimum Gasteiger partial charge on any atom is -0.386 e. The van der Waals surface area contributed by atoms with Crippen LogP contribution in [0.2, 0.25) is 0 Å². The number of nitrogens with two attached hydrogens (primary N) is 1. The lowest BCUT2D eigenvalue weighted by atomic mass is 9.98. The van der Waals surface area contributed by atoms with E-state index in [0.717, 1.165) is 35.5 Å². The summed E-state index contributed by atoms with van der Waals surface area (Å²) in [5.41, 5.74) is 6.48. The lowest BCUT2D eigenvalue weighted by Crippen LogP contribution is -2.45. The number of hydrogen-bond donors (Lipinski definition) is 1. The number of nitriles is 1. The predicted molar refractivity (Wildman–Crippen MR) is 123 cm³/mol. The van der Waals surface area contributed by atoms with E-state index in [1.165, 1.54) is 12.1 Å². The molecule has 172 valence electrons. The SMILES string of the molecule is COC(C)C(=O)N1N=C(c2cc(F)ccc2F)SC1(CCCC(N)=NC#N)c1ccccc1. The number of rotatable bonds is 8. The largest absolute Gasteiger partial charge is 0.386 e. The van der Waals surface area contributed by atoms with Crippen LogP contribution in [0, 0.1) is 23.1 Å². The summed E-state index contributed by atoms with van der Waals surface area (Å²) in [4.78, 5) is 15.8. The van der Waals surface area contributed by atoms with Gasteiger partial charge in [0.1, 0.15) is 33.5 Å². The third-order valence-electron chi connectivity index (χ3n) is 5.23. The Hall–Kier alpha value is -3.29. The molecule has 7 nitrogen and oxygen atoms in total. The van der Waals surface area contributed by atoms with Gasteiger partial charge in [0.05, 0.1) is 0 Å². The molecule has 2 aromatic rings. The average molecular weight is 472 g/mol. The Balaban J connectivity index is 2.10. The molecule has 1 aliphatic rings. The first kappa shape index (κ1) is 24.4. The zero-order valence-electron chi connectivity index (χ0n) is 18.2. The van der Waals surface area contributed by atoms with Gasteiger partial charge in [0.15, 0.2) is 0 Å². The number of nitrogens with zero attached hydrogens (tertiary/aromatic N) is 4. The van der Waals surface area contributed by atoms with E-state index < -0.39 is 28.5 Å². The zero-order chi connectivity index (χ0) is 24.0. The first-order chi connectivity index (χ1) is 15.8. The summed E-state index contributed by atoms with van der Waals surface area (Å²) in [6, 6.07) is 12.3. The number of benzene rings is 2. The molecule has 0 saturated carbocycles. The number of amidine groups is 1. The van der Waals surface area contributed by atoms with E-state index in [9.17, 15) is 13.6 Å². The fourth-order valence-electron chi connectivity index (χ4n) is 3.48. The van der Waals surface area contributed by atoms with Crippen LogP contribution in [0.15, 0.2) is 58.6 Å². The number of carbonyl (C=O) groups excluding carboxylic acids is 1. The molecule has 2 atom stereocenters. The number of hydrazone groups is 1. The van der Waals surface area contributed by atoms with Crippen molar-refractivity contribution in [2.24, 2.45) is 15.8 Å². The second-order valence-electron chi connectivity index (χ2n) is 7.37. The molecule has 1 amide bonds. The van der Waals surface area contributed by atoms with Gasteiger partial charge in [-0.05, 0) is 43.5 Å². The van der Waals surface area contributed by atoms with E-state index in [1.54, 1.807) is 13.1 Å². The van der Waals surface area contributed by atoms with E-state index in [4.69, 9.17) is 15.7 Å². The summed E-state index contributed by atoms with van der Waals surface area (Å²) < 4.78 is 33.8. The molecule has 1 aliphatic heterocycles. The molecule has 0 aromatic heterocycles. The molecule has 0 bridgehead atoms. The maximum Gasteiger partial charge on any atom is 0.273 e. The number of hydrogen-bond acceptors (Lipinski definition) is 6. The monoisotopic (exact) mass is 471 g/mol. The number of aliphatic imine (C=N–C) groups is 1. The fraction of sp³-hybridized carbons (Fsp3) is 0.304. The topological polar surface area (TPSA) is 104 Å². The Labute approximate surface area is 194 Å². The summed E-state index contributed by atoms with van der Waals surface area (Å²) >= 11 is 1.16. The number of thioether (sulfide) groups is 1. The van der Waals surface area contributed by atoms with Gasteiger partial charge in [-0.2, -0.15) is 15.4 Å². The van der Waals surface area contributed by atoms with E-state index in [-0.39, 0.29) is 16.4 Å². The summed E-state index contributed by atoms with van der Waals surface area (Å²) in [7, 11) is 1.41. The quantitative estimate of drug-likeness (QED) is 0.355. The molecule has 0 spiro atoms. The number of amides is 1. The smallest absolute Gasteiger partial charge is 0.273 e. The van der Waals surface area contributed by atoms with Crippen LogP contribution in [0.5, 0.6) is 0 Å². The second-order valence-corrected chi connectivity index (χ2v) is 8.63. The lowest BCUT2D eigenvalue weighted by Gasteiger charge is -2.37. The summed E-state index contributed by atoms with van der Waals surface area (Å²) in [5.74, 6) is -1.52. The van der Waals surface area contributed by atoms with Gasteiger partial charge in [-0.1, -0.05) is 42.1 Å². The summed E-state index contributed by atoms with van der Waals surface area (Å²) in [6.45, 7) is 1.59. The fourth-order valence-corrected chi connectivity index (χ4v) is 4.90. The van der Waals surface area contributed by atoms with Gasteiger partial charge in [0, 0.05) is 19.1 Å². The van der Waals surface area contributed by atoms with Crippen molar-refractivity contribution < 1.29 is 18.3 Å². The predicted octanol–water partition coefficient (Wildman–Crippen LogP) is 4.10. The van der Waals surface area contributed by atoms with Crippen molar-refractivity contribution in [2.45, 2.75) is 37.2 Å². The third-order valence-corrected chi connectivity index (χ3v) is 6.68. The van der Waals surface area contributed by atoms with Crippen molar-refractivity contribution >= 4 is 28.5 Å². The summed E-state index contributed by atoms with van der Waals surface area (Å²) in [6.07, 6.45) is 1.96. The molecule has 0 radical (unpaired) electrons. The number of ether oxygens (including phenoxy) is 1. The Morgan fingerprint density at radius 2 is 2.06 bits per heavy atom. The third kappa shape index (κ3) is 5.21.